The molecule has 2 atom stereocenters. The minimum Gasteiger partial charge on any atom is -0.339 e. The maximum Gasteiger partial charge on any atom is 0.237 e. The Balaban J connectivity index is 0.000000160. The molecule has 0 saturated carbocycles. The first-order valence-electron chi connectivity index (χ1n) is 29.7. The predicted molar refractivity (Wildman–Crippen MR) is 335 cm³/mol. The third-order valence-electron chi connectivity index (χ3n) is 18.7. The third-order valence-corrected chi connectivity index (χ3v) is 22.5. The topological polar surface area (TPSA) is 244 Å². The van der Waals surface area contributed by atoms with E-state index < -0.39 is 30.9 Å². The van der Waals surface area contributed by atoms with Gasteiger partial charge in [0.05, 0.1) is 93.3 Å². The van der Waals surface area contributed by atoms with Gasteiger partial charge in [0, 0.05) is 134 Å². The molecule has 10 aromatic rings. The molecule has 0 radical (unpaired) electrons. The normalized spacial score (nSPS) is 19.8. The number of aromatic amines is 2. The maximum absolute atomic E-state index is 14.2. The van der Waals surface area contributed by atoms with E-state index in [0.29, 0.717) is 76.0 Å². The van der Waals surface area contributed by atoms with Gasteiger partial charge in [-0.25, -0.2) is 35.4 Å². The number of hydrogen-bond acceptors (Lipinski definition) is 12. The summed E-state index contributed by atoms with van der Waals surface area (Å²) in [6.07, 6.45) is 18.2. The zero-order valence-corrected chi connectivity index (χ0v) is 51.9. The summed E-state index contributed by atoms with van der Waals surface area (Å²) in [4.78, 5) is 48.8. The summed E-state index contributed by atoms with van der Waals surface area (Å²) in [5, 5.41) is 22.0. The molecule has 0 aliphatic carbocycles. The number of pyridine rings is 2. The summed E-state index contributed by atoms with van der Waals surface area (Å²) in [7, 11) is 0.705. The van der Waals surface area contributed by atoms with Crippen molar-refractivity contribution in [2.75, 3.05) is 61.6 Å². The van der Waals surface area contributed by atoms with Crippen LogP contribution in [0.15, 0.2) is 86.0 Å². The Morgan fingerprint density at radius 2 is 0.930 bits per heavy atom. The number of amides is 2. The molecule has 2 amide bonds. The van der Waals surface area contributed by atoms with Crippen LogP contribution in [0.1, 0.15) is 103 Å². The lowest BCUT2D eigenvalue weighted by atomic mass is 9.74. The van der Waals surface area contributed by atoms with E-state index in [1.54, 1.807) is 58.7 Å². The summed E-state index contributed by atoms with van der Waals surface area (Å²) in [5.74, 6) is 0.0865. The van der Waals surface area contributed by atoms with Crippen LogP contribution in [-0.2, 0) is 54.6 Å². The highest BCUT2D eigenvalue weighted by Crippen LogP contribution is 2.56. The lowest BCUT2D eigenvalue weighted by Gasteiger charge is -2.27. The molecule has 2 spiro atoms. The smallest absolute Gasteiger partial charge is 0.237 e. The summed E-state index contributed by atoms with van der Waals surface area (Å²) < 4.78 is 62.2. The highest BCUT2D eigenvalue weighted by molar-refractivity contribution is 7.89. The van der Waals surface area contributed by atoms with E-state index in [1.807, 2.05) is 70.0 Å². The van der Waals surface area contributed by atoms with Gasteiger partial charge in [-0.15, -0.1) is 0 Å². The van der Waals surface area contributed by atoms with Gasteiger partial charge >= 0.3 is 0 Å². The standard InChI is InChI=1S/2C31H36N8O3S/c2*1-6-43(41,42)38-12-7-10-31(11-13-38)27-24(36(4)30(31)40)17-32-29-26(27)25(20-8-9-23-21(14-20)15-33-37(23)5)28(35-29)22-16-34-39(18-22)19(2)3/h2*8-9,14-19H,6-7,10-13H2,1-5H3,(H,32,35)/t2*31-/m10/s1. The maximum atomic E-state index is 14.2. The van der Waals surface area contributed by atoms with E-state index >= 15 is 0 Å². The molecule has 0 unspecified atom stereocenters. The average Bonchev–Trinajstić information content (AvgIpc) is 1.78. The number of H-pyrrole nitrogens is 2. The third kappa shape index (κ3) is 8.82. The Labute approximate surface area is 499 Å². The molecular formula is C62H72N16O6S2. The number of hydrogen-bond donors (Lipinski definition) is 2. The summed E-state index contributed by atoms with van der Waals surface area (Å²) in [6, 6.07) is 13.0. The highest BCUT2D eigenvalue weighted by Gasteiger charge is 2.54. The molecule has 2 saturated heterocycles. The Hall–Kier alpha value is -8.06. The molecule has 4 aliphatic rings. The molecule has 4 aliphatic heterocycles. The lowest BCUT2D eigenvalue weighted by Crippen LogP contribution is -2.40. The van der Waals surface area contributed by atoms with Gasteiger partial charge in [0.2, 0.25) is 31.9 Å². The first-order valence-corrected chi connectivity index (χ1v) is 32.9. The van der Waals surface area contributed by atoms with Crippen LogP contribution < -0.4 is 9.80 Å². The number of aromatic nitrogens is 12. The zero-order chi connectivity index (χ0) is 60.5. The van der Waals surface area contributed by atoms with Gasteiger partial charge in [0.1, 0.15) is 11.3 Å². The van der Waals surface area contributed by atoms with Gasteiger partial charge in [0.15, 0.2) is 0 Å². The molecule has 8 aromatic heterocycles. The average molecular weight is 1200 g/mol. The van der Waals surface area contributed by atoms with Crippen molar-refractivity contribution >= 4 is 87.1 Å². The van der Waals surface area contributed by atoms with Crippen molar-refractivity contribution in [3.63, 3.8) is 0 Å². The minimum atomic E-state index is -3.38. The van der Waals surface area contributed by atoms with Crippen LogP contribution in [0.2, 0.25) is 0 Å². The number of rotatable bonds is 10. The fourth-order valence-electron chi connectivity index (χ4n) is 14.1. The van der Waals surface area contributed by atoms with Crippen molar-refractivity contribution < 1.29 is 26.4 Å². The van der Waals surface area contributed by atoms with E-state index in [4.69, 9.17) is 9.97 Å². The van der Waals surface area contributed by atoms with Crippen LogP contribution >= 0.6 is 0 Å². The van der Waals surface area contributed by atoms with E-state index in [-0.39, 0.29) is 35.4 Å². The lowest BCUT2D eigenvalue weighted by molar-refractivity contribution is -0.124. The van der Waals surface area contributed by atoms with Crippen molar-refractivity contribution in [1.29, 1.82) is 0 Å². The largest absolute Gasteiger partial charge is 0.339 e. The molecule has 2 N–H and O–H groups in total. The molecule has 0 bridgehead atoms. The van der Waals surface area contributed by atoms with Crippen LogP contribution in [0.25, 0.3) is 88.6 Å². The predicted octanol–water partition coefficient (Wildman–Crippen LogP) is 9.22. The van der Waals surface area contributed by atoms with Crippen LogP contribution in [0.3, 0.4) is 0 Å². The Bertz CT molecular complexity index is 4330. The molecule has 24 heteroatoms. The molecule has 2 fully saturated rings. The number of aryl methyl sites for hydroxylation is 2. The molecule has 12 heterocycles. The molecule has 448 valence electrons. The van der Waals surface area contributed by atoms with Gasteiger partial charge in [-0.1, -0.05) is 12.1 Å². The summed E-state index contributed by atoms with van der Waals surface area (Å²) in [6.45, 7) is 13.1. The van der Waals surface area contributed by atoms with E-state index in [0.717, 1.165) is 99.8 Å². The number of fused-ring (bicyclic) bond motifs is 10. The minimum absolute atomic E-state index is 0.00316. The second-order valence-electron chi connectivity index (χ2n) is 24.1. The number of sulfonamides is 2. The van der Waals surface area contributed by atoms with Crippen LogP contribution in [0.4, 0.5) is 11.4 Å². The van der Waals surface area contributed by atoms with Crippen molar-refractivity contribution in [2.24, 2.45) is 14.1 Å². The number of carbonyl (C=O) groups excluding carboxylic acids is 2. The molecule has 86 heavy (non-hydrogen) atoms. The van der Waals surface area contributed by atoms with E-state index in [1.165, 1.54) is 0 Å². The number of nitrogens with zero attached hydrogens (tertiary/aromatic N) is 14. The Morgan fingerprint density at radius 1 is 0.523 bits per heavy atom. The highest BCUT2D eigenvalue weighted by atomic mass is 32.2. The van der Waals surface area contributed by atoms with Crippen LogP contribution in [0, 0.1) is 0 Å². The number of anilines is 2. The van der Waals surface area contributed by atoms with Crippen molar-refractivity contribution in [1.82, 2.24) is 67.7 Å². The Morgan fingerprint density at radius 3 is 1.30 bits per heavy atom. The van der Waals surface area contributed by atoms with Crippen molar-refractivity contribution in [2.45, 2.75) is 103 Å². The molecule has 2 aromatic carbocycles. The number of benzene rings is 2. The summed E-state index contributed by atoms with van der Waals surface area (Å²) >= 11 is 0. The monoisotopic (exact) mass is 1200 g/mol. The van der Waals surface area contributed by atoms with Crippen molar-refractivity contribution in [3.8, 4) is 44.8 Å². The van der Waals surface area contributed by atoms with Crippen molar-refractivity contribution in [3.05, 3.63) is 97.1 Å². The second kappa shape index (κ2) is 20.8. The first-order chi connectivity index (χ1) is 41.1. The van der Waals surface area contributed by atoms with E-state index in [9.17, 15) is 26.4 Å². The van der Waals surface area contributed by atoms with Gasteiger partial charge in [0.25, 0.3) is 0 Å². The first kappa shape index (κ1) is 57.0. The molecular weight excluding hydrogens is 1130 g/mol. The second-order valence-corrected chi connectivity index (χ2v) is 28.6. The van der Waals surface area contributed by atoms with Gasteiger partial charge in [-0.05, 0) is 115 Å². The van der Waals surface area contributed by atoms with Gasteiger partial charge in [-0.2, -0.15) is 20.4 Å². The number of carbonyl (C=O) groups is 2. The van der Waals surface area contributed by atoms with Gasteiger partial charge < -0.3 is 19.8 Å². The quantitative estimate of drug-likeness (QED) is 0.130. The fourth-order valence-corrected chi connectivity index (χ4v) is 16.3. The number of nitrogens with one attached hydrogen (secondary N) is 2. The summed E-state index contributed by atoms with van der Waals surface area (Å²) in [5.41, 5.74) is 12.6. The van der Waals surface area contributed by atoms with Gasteiger partial charge in [-0.3, -0.25) is 28.3 Å². The fraction of sp³-hybridized carbons (Fsp3) is 0.419. The zero-order valence-electron chi connectivity index (χ0n) is 50.2. The number of likely N-dealkylation sites (N-methyl/N-ethyl adjacent to an activating group) is 2. The SMILES string of the molecule is CCS(=O)(=O)N1CCC[C@@]2(CC1)C(=O)N(C)c1cnc3[nH]c(-c4cnn(C(C)C)c4)c(-c4ccc5c(cnn5C)c4)c3c12.CCS(=O)(=O)N1CCC[C@]2(CC1)C(=O)N(C)c1cnc3[nH]c(-c4cnn(C(C)C)c4)c(-c4ccc5c(cnn5C)c4)c3c12. The Kier molecular flexibility index (Phi) is 13.8. The molecule has 22 nitrogen and oxygen atoms in total. The molecule has 14 rings (SSSR count). The van der Waals surface area contributed by atoms with Crippen LogP contribution in [-0.4, -0.2) is 148 Å². The van der Waals surface area contributed by atoms with E-state index in [2.05, 4.69) is 94.5 Å². The van der Waals surface area contributed by atoms with Crippen LogP contribution in [0.5, 0.6) is 0 Å².